The number of carbonyl (C=O) groups excluding carboxylic acids is 1. The van der Waals surface area contributed by atoms with E-state index in [0.717, 1.165) is 11.3 Å². The number of amides is 1. The van der Waals surface area contributed by atoms with E-state index < -0.39 is 0 Å². The molecule has 0 aliphatic heterocycles. The molecule has 0 aliphatic rings. The van der Waals surface area contributed by atoms with Gasteiger partial charge in [0.2, 0.25) is 5.91 Å². The number of hydrogen-bond acceptors (Lipinski definition) is 8. The number of benzene rings is 1. The van der Waals surface area contributed by atoms with Gasteiger partial charge in [-0.05, 0) is 0 Å². The van der Waals surface area contributed by atoms with E-state index in [1.165, 1.54) is 29.2 Å². The van der Waals surface area contributed by atoms with E-state index >= 15 is 0 Å². The summed E-state index contributed by atoms with van der Waals surface area (Å²) in [5.74, 6) is 1.04. The van der Waals surface area contributed by atoms with Gasteiger partial charge in [-0.3, -0.25) is 4.79 Å². The first kappa shape index (κ1) is 17.2. The summed E-state index contributed by atoms with van der Waals surface area (Å²) in [7, 11) is 0. The molecule has 7 nitrogen and oxygen atoms in total. The molecular weight excluding hydrogens is 356 g/mol. The van der Waals surface area contributed by atoms with Crippen LogP contribution in [0.25, 0.3) is 11.3 Å². The van der Waals surface area contributed by atoms with Crippen molar-refractivity contribution in [1.82, 2.24) is 15.0 Å². The lowest BCUT2D eigenvalue weighted by atomic mass is 10.2. The van der Waals surface area contributed by atoms with Crippen molar-refractivity contribution in [3.63, 3.8) is 0 Å². The minimum absolute atomic E-state index is 0.113. The predicted octanol–water partition coefficient (Wildman–Crippen LogP) is 2.89. The largest absolute Gasteiger partial charge is 0.383 e. The molecule has 0 saturated carbocycles. The van der Waals surface area contributed by atoms with Gasteiger partial charge in [0.15, 0.2) is 10.3 Å². The van der Waals surface area contributed by atoms with E-state index in [1.807, 2.05) is 35.7 Å². The molecule has 25 heavy (non-hydrogen) atoms. The van der Waals surface area contributed by atoms with Crippen LogP contribution in [0.2, 0.25) is 0 Å². The van der Waals surface area contributed by atoms with Crippen LogP contribution in [0, 0.1) is 0 Å². The van der Waals surface area contributed by atoms with E-state index in [2.05, 4.69) is 20.3 Å². The van der Waals surface area contributed by atoms with Gasteiger partial charge in [0.1, 0.15) is 11.6 Å². The Morgan fingerprint density at radius 1 is 1.12 bits per heavy atom. The van der Waals surface area contributed by atoms with Gasteiger partial charge in [0, 0.05) is 29.2 Å². The van der Waals surface area contributed by atoms with Crippen molar-refractivity contribution in [1.29, 1.82) is 0 Å². The van der Waals surface area contributed by atoms with Gasteiger partial charge in [-0.25, -0.2) is 15.0 Å². The molecule has 0 bridgehead atoms. The standard InChI is InChI=1S/C16H16N6OS2/c17-12-8-13(18)21-16(20-12)24-7-6-14(23)22-15-19-11(9-25-15)10-4-2-1-3-5-10/h1-5,8-9H,6-7H2,(H,19,22,23)(H4,17,18,20,21). The third-order valence-electron chi connectivity index (χ3n) is 3.13. The number of nitrogen functional groups attached to an aromatic ring is 2. The Morgan fingerprint density at radius 3 is 2.56 bits per heavy atom. The van der Waals surface area contributed by atoms with E-state index in [1.54, 1.807) is 0 Å². The van der Waals surface area contributed by atoms with Crippen LogP contribution in [-0.2, 0) is 4.79 Å². The van der Waals surface area contributed by atoms with Crippen LogP contribution in [-0.4, -0.2) is 26.6 Å². The summed E-state index contributed by atoms with van der Waals surface area (Å²) in [5, 5.41) is 5.77. The molecule has 0 radical (unpaired) electrons. The maximum absolute atomic E-state index is 12.0. The molecule has 0 aliphatic carbocycles. The normalized spacial score (nSPS) is 10.6. The number of nitrogens with two attached hydrogens (primary N) is 2. The summed E-state index contributed by atoms with van der Waals surface area (Å²) in [5.41, 5.74) is 13.1. The Labute approximate surface area is 152 Å². The first-order valence-corrected chi connectivity index (χ1v) is 9.30. The van der Waals surface area contributed by atoms with Gasteiger partial charge < -0.3 is 16.8 Å². The molecule has 0 atom stereocenters. The number of thioether (sulfide) groups is 1. The molecule has 0 spiro atoms. The molecule has 1 amide bonds. The summed E-state index contributed by atoms with van der Waals surface area (Å²) < 4.78 is 0. The molecule has 5 N–H and O–H groups in total. The first-order valence-electron chi connectivity index (χ1n) is 7.44. The monoisotopic (exact) mass is 372 g/mol. The van der Waals surface area contributed by atoms with Crippen molar-refractivity contribution >= 4 is 45.8 Å². The molecule has 9 heteroatoms. The van der Waals surface area contributed by atoms with Crippen molar-refractivity contribution < 1.29 is 4.79 Å². The number of nitrogens with zero attached hydrogens (tertiary/aromatic N) is 3. The molecule has 128 valence electrons. The Morgan fingerprint density at radius 2 is 1.84 bits per heavy atom. The second-order valence-corrected chi connectivity index (χ2v) is 6.97. The van der Waals surface area contributed by atoms with Crippen LogP contribution in [0.3, 0.4) is 0 Å². The number of nitrogens with one attached hydrogen (secondary N) is 1. The maximum atomic E-state index is 12.0. The van der Waals surface area contributed by atoms with Crippen molar-refractivity contribution in [2.75, 3.05) is 22.5 Å². The third kappa shape index (κ3) is 4.91. The molecule has 3 rings (SSSR count). The number of carbonyl (C=O) groups is 1. The van der Waals surface area contributed by atoms with Gasteiger partial charge >= 0.3 is 0 Å². The fourth-order valence-electron chi connectivity index (χ4n) is 2.02. The van der Waals surface area contributed by atoms with Crippen LogP contribution in [0.15, 0.2) is 46.9 Å². The van der Waals surface area contributed by atoms with Crippen LogP contribution in [0.4, 0.5) is 16.8 Å². The zero-order chi connectivity index (χ0) is 17.6. The quantitative estimate of drug-likeness (QED) is 0.449. The SMILES string of the molecule is Nc1cc(N)nc(SCCC(=O)Nc2nc(-c3ccccc3)cs2)n1. The van der Waals surface area contributed by atoms with Gasteiger partial charge in [-0.1, -0.05) is 42.1 Å². The average Bonchev–Trinajstić information content (AvgIpc) is 3.03. The molecule has 2 aromatic heterocycles. The summed E-state index contributed by atoms with van der Waals surface area (Å²) in [4.78, 5) is 24.6. The number of anilines is 3. The van der Waals surface area contributed by atoms with Gasteiger partial charge in [0.25, 0.3) is 0 Å². The highest BCUT2D eigenvalue weighted by Gasteiger charge is 2.09. The van der Waals surface area contributed by atoms with Gasteiger partial charge in [-0.2, -0.15) is 0 Å². The van der Waals surface area contributed by atoms with Crippen molar-refractivity contribution in [2.24, 2.45) is 0 Å². The second-order valence-electron chi connectivity index (χ2n) is 5.05. The molecule has 2 heterocycles. The number of hydrogen-bond donors (Lipinski definition) is 3. The lowest BCUT2D eigenvalue weighted by Gasteiger charge is -2.03. The first-order chi connectivity index (χ1) is 12.1. The fraction of sp³-hybridized carbons (Fsp3) is 0.125. The number of rotatable bonds is 6. The van der Waals surface area contributed by atoms with Gasteiger partial charge in [0.05, 0.1) is 5.69 Å². The zero-order valence-electron chi connectivity index (χ0n) is 13.2. The Balaban J connectivity index is 1.50. The summed E-state index contributed by atoms with van der Waals surface area (Å²) in [6, 6.07) is 11.3. The molecule has 0 unspecified atom stereocenters. The Kier molecular flexibility index (Phi) is 5.46. The van der Waals surface area contributed by atoms with E-state index in [4.69, 9.17) is 11.5 Å². The lowest BCUT2D eigenvalue weighted by molar-refractivity contribution is -0.115. The number of thiazole rings is 1. The summed E-state index contributed by atoms with van der Waals surface area (Å²) in [6.45, 7) is 0. The molecular formula is C16H16N6OS2. The predicted molar refractivity (Wildman–Crippen MR) is 102 cm³/mol. The molecule has 3 aromatic rings. The van der Waals surface area contributed by atoms with Crippen molar-refractivity contribution in [3.8, 4) is 11.3 Å². The van der Waals surface area contributed by atoms with Crippen LogP contribution >= 0.6 is 23.1 Å². The Bertz CT molecular complexity index is 848. The highest BCUT2D eigenvalue weighted by Crippen LogP contribution is 2.25. The second kappa shape index (κ2) is 7.95. The van der Waals surface area contributed by atoms with E-state index in [9.17, 15) is 4.79 Å². The molecule has 0 fully saturated rings. The van der Waals surface area contributed by atoms with Crippen molar-refractivity contribution in [3.05, 3.63) is 41.8 Å². The minimum Gasteiger partial charge on any atom is -0.383 e. The molecule has 1 aromatic carbocycles. The lowest BCUT2D eigenvalue weighted by Crippen LogP contribution is -2.12. The maximum Gasteiger partial charge on any atom is 0.226 e. The summed E-state index contributed by atoms with van der Waals surface area (Å²) >= 11 is 2.73. The van der Waals surface area contributed by atoms with Crippen LogP contribution < -0.4 is 16.8 Å². The van der Waals surface area contributed by atoms with E-state index in [-0.39, 0.29) is 5.91 Å². The van der Waals surface area contributed by atoms with Crippen LogP contribution in [0.5, 0.6) is 0 Å². The number of aromatic nitrogens is 3. The fourth-order valence-corrected chi connectivity index (χ4v) is 3.56. The highest BCUT2D eigenvalue weighted by molar-refractivity contribution is 7.99. The minimum atomic E-state index is -0.113. The topological polar surface area (TPSA) is 120 Å². The Hall–Kier alpha value is -2.65. The third-order valence-corrected chi connectivity index (χ3v) is 4.73. The molecule has 0 saturated heterocycles. The van der Waals surface area contributed by atoms with Gasteiger partial charge in [-0.15, -0.1) is 11.3 Å². The van der Waals surface area contributed by atoms with Crippen LogP contribution in [0.1, 0.15) is 6.42 Å². The average molecular weight is 372 g/mol. The van der Waals surface area contributed by atoms with E-state index in [0.29, 0.717) is 34.1 Å². The summed E-state index contributed by atoms with van der Waals surface area (Å²) in [6.07, 6.45) is 0.309. The zero-order valence-corrected chi connectivity index (χ0v) is 14.8. The van der Waals surface area contributed by atoms with Crippen molar-refractivity contribution in [2.45, 2.75) is 11.6 Å². The smallest absolute Gasteiger partial charge is 0.226 e. The highest BCUT2D eigenvalue weighted by atomic mass is 32.2.